The minimum atomic E-state index is -0.182. The van der Waals surface area contributed by atoms with E-state index in [1.807, 2.05) is 6.07 Å². The minimum absolute atomic E-state index is 0.182. The summed E-state index contributed by atoms with van der Waals surface area (Å²) in [6, 6.07) is 8.82. The molecule has 1 saturated heterocycles. The van der Waals surface area contributed by atoms with Crippen LogP contribution in [0.15, 0.2) is 47.7 Å². The van der Waals surface area contributed by atoms with Gasteiger partial charge in [0.1, 0.15) is 0 Å². The van der Waals surface area contributed by atoms with Gasteiger partial charge in [0.2, 0.25) is 5.95 Å². The van der Waals surface area contributed by atoms with Crippen LogP contribution < -0.4 is 15.5 Å². The molecule has 1 aromatic heterocycles. The highest BCUT2D eigenvalue weighted by atomic mass is 35.5. The lowest BCUT2D eigenvalue weighted by Gasteiger charge is -2.36. The molecule has 1 aliphatic heterocycles. The van der Waals surface area contributed by atoms with E-state index in [-0.39, 0.29) is 5.91 Å². The number of hydrogen-bond acceptors (Lipinski definition) is 5. The molecule has 2 N–H and O–H groups in total. The first kappa shape index (κ1) is 19.9. The van der Waals surface area contributed by atoms with Crippen molar-refractivity contribution in [2.24, 2.45) is 4.99 Å². The molecule has 0 saturated carbocycles. The van der Waals surface area contributed by atoms with Gasteiger partial charge >= 0.3 is 0 Å². The van der Waals surface area contributed by atoms with E-state index in [9.17, 15) is 4.79 Å². The topological polar surface area (TPSA) is 85.8 Å². The predicted molar refractivity (Wildman–Crippen MR) is 111 cm³/mol. The Kier molecular flexibility index (Phi) is 7.02. The fourth-order valence-electron chi connectivity index (χ4n) is 3.00. The van der Waals surface area contributed by atoms with Crippen molar-refractivity contribution < 1.29 is 4.79 Å². The first-order chi connectivity index (χ1) is 13.7. The van der Waals surface area contributed by atoms with Gasteiger partial charge in [-0.25, -0.2) is 9.97 Å². The molecule has 2 heterocycles. The number of carbonyl (C=O) groups is 1. The lowest BCUT2D eigenvalue weighted by molar-refractivity contribution is 0.0954. The molecule has 148 valence electrons. The van der Waals surface area contributed by atoms with Crippen molar-refractivity contribution in [2.45, 2.75) is 0 Å². The molecule has 1 aromatic carbocycles. The van der Waals surface area contributed by atoms with Crippen LogP contribution in [0.25, 0.3) is 0 Å². The van der Waals surface area contributed by atoms with E-state index in [1.54, 1.807) is 43.7 Å². The normalized spacial score (nSPS) is 14.7. The van der Waals surface area contributed by atoms with Crippen molar-refractivity contribution in [1.29, 1.82) is 0 Å². The number of aromatic nitrogens is 2. The third-order valence-corrected chi connectivity index (χ3v) is 4.77. The van der Waals surface area contributed by atoms with Crippen LogP contribution in [0.5, 0.6) is 0 Å². The van der Waals surface area contributed by atoms with Gasteiger partial charge in [0.25, 0.3) is 5.91 Å². The van der Waals surface area contributed by atoms with Crippen molar-refractivity contribution in [3.05, 3.63) is 53.3 Å². The molecule has 28 heavy (non-hydrogen) atoms. The summed E-state index contributed by atoms with van der Waals surface area (Å²) in [7, 11) is 1.76. The highest BCUT2D eigenvalue weighted by Gasteiger charge is 2.20. The van der Waals surface area contributed by atoms with Crippen molar-refractivity contribution in [3.8, 4) is 0 Å². The second-order valence-corrected chi connectivity index (χ2v) is 6.64. The van der Waals surface area contributed by atoms with Crippen LogP contribution in [0, 0.1) is 0 Å². The zero-order valence-corrected chi connectivity index (χ0v) is 16.6. The van der Waals surface area contributed by atoms with E-state index < -0.39 is 0 Å². The molecule has 0 unspecified atom stereocenters. The van der Waals surface area contributed by atoms with Gasteiger partial charge in [-0.1, -0.05) is 23.7 Å². The fourth-order valence-corrected chi connectivity index (χ4v) is 3.22. The highest BCUT2D eigenvalue weighted by molar-refractivity contribution is 6.33. The number of piperazine rings is 1. The molecule has 0 bridgehead atoms. The number of rotatable bonds is 5. The van der Waals surface area contributed by atoms with Crippen LogP contribution in [0.4, 0.5) is 5.95 Å². The Morgan fingerprint density at radius 3 is 2.43 bits per heavy atom. The molecule has 0 aliphatic carbocycles. The van der Waals surface area contributed by atoms with Crippen LogP contribution in [-0.4, -0.2) is 73.1 Å². The van der Waals surface area contributed by atoms with Gasteiger partial charge in [0.05, 0.1) is 10.6 Å². The van der Waals surface area contributed by atoms with Gasteiger partial charge < -0.3 is 20.4 Å². The average Bonchev–Trinajstić information content (AvgIpc) is 2.75. The number of nitrogens with zero attached hydrogens (tertiary/aromatic N) is 5. The van der Waals surface area contributed by atoms with Gasteiger partial charge in [0, 0.05) is 58.7 Å². The third-order valence-electron chi connectivity index (χ3n) is 4.44. The number of nitrogens with one attached hydrogen (secondary N) is 2. The Morgan fingerprint density at radius 2 is 1.75 bits per heavy atom. The van der Waals surface area contributed by atoms with E-state index in [4.69, 9.17) is 11.6 Å². The van der Waals surface area contributed by atoms with Gasteiger partial charge in [-0.2, -0.15) is 0 Å². The summed E-state index contributed by atoms with van der Waals surface area (Å²) in [6.07, 6.45) is 3.51. The Hall–Kier alpha value is -2.87. The van der Waals surface area contributed by atoms with Crippen molar-refractivity contribution in [1.82, 2.24) is 25.5 Å². The monoisotopic (exact) mass is 401 g/mol. The third kappa shape index (κ3) is 5.10. The van der Waals surface area contributed by atoms with Gasteiger partial charge in [-0.05, 0) is 18.2 Å². The molecule has 3 rings (SSSR count). The molecular formula is C19H24ClN7O. The summed E-state index contributed by atoms with van der Waals surface area (Å²) >= 11 is 6.05. The fraction of sp³-hybridized carbons (Fsp3) is 0.368. The summed E-state index contributed by atoms with van der Waals surface area (Å²) < 4.78 is 0. The van der Waals surface area contributed by atoms with Crippen LogP contribution in [0.1, 0.15) is 10.4 Å². The number of guanidine groups is 1. The summed E-state index contributed by atoms with van der Waals surface area (Å²) in [5, 5.41) is 6.61. The minimum Gasteiger partial charge on any atom is -0.354 e. The maximum absolute atomic E-state index is 12.2. The lowest BCUT2D eigenvalue weighted by Crippen LogP contribution is -2.53. The smallest absolute Gasteiger partial charge is 0.252 e. The Morgan fingerprint density at radius 1 is 1.07 bits per heavy atom. The molecule has 1 fully saturated rings. The summed E-state index contributed by atoms with van der Waals surface area (Å²) in [5.74, 6) is 1.40. The first-order valence-electron chi connectivity index (χ1n) is 9.19. The SMILES string of the molecule is CN=C(NCCNC(=O)c1ccccc1Cl)N1CCN(c2ncccn2)CC1. The number of anilines is 1. The van der Waals surface area contributed by atoms with E-state index in [1.165, 1.54) is 0 Å². The summed E-state index contributed by atoms with van der Waals surface area (Å²) in [4.78, 5) is 29.5. The predicted octanol–water partition coefficient (Wildman–Crippen LogP) is 1.26. The van der Waals surface area contributed by atoms with E-state index in [0.717, 1.165) is 38.1 Å². The second-order valence-electron chi connectivity index (χ2n) is 6.23. The number of benzene rings is 1. The van der Waals surface area contributed by atoms with Crippen molar-refractivity contribution >= 4 is 29.4 Å². The largest absolute Gasteiger partial charge is 0.354 e. The zero-order valence-electron chi connectivity index (χ0n) is 15.8. The van der Waals surface area contributed by atoms with E-state index in [0.29, 0.717) is 23.7 Å². The number of halogens is 1. The number of aliphatic imine (C=N–C) groups is 1. The molecule has 8 nitrogen and oxygen atoms in total. The maximum Gasteiger partial charge on any atom is 0.252 e. The van der Waals surface area contributed by atoms with Crippen molar-refractivity contribution in [2.75, 3.05) is 51.2 Å². The molecule has 1 aliphatic rings. The Bertz CT molecular complexity index is 807. The summed E-state index contributed by atoms with van der Waals surface area (Å²) in [5.41, 5.74) is 0.479. The molecular weight excluding hydrogens is 378 g/mol. The second kappa shape index (κ2) is 9.89. The zero-order chi connectivity index (χ0) is 19.8. The number of amides is 1. The number of hydrogen-bond donors (Lipinski definition) is 2. The summed E-state index contributed by atoms with van der Waals surface area (Å²) in [6.45, 7) is 4.35. The average molecular weight is 402 g/mol. The van der Waals surface area contributed by atoms with Crippen LogP contribution >= 0.6 is 11.6 Å². The van der Waals surface area contributed by atoms with Gasteiger partial charge in [-0.15, -0.1) is 0 Å². The van der Waals surface area contributed by atoms with Crippen LogP contribution in [0.2, 0.25) is 5.02 Å². The number of carbonyl (C=O) groups excluding carboxylic acids is 1. The lowest BCUT2D eigenvalue weighted by atomic mass is 10.2. The van der Waals surface area contributed by atoms with Crippen molar-refractivity contribution in [3.63, 3.8) is 0 Å². The van der Waals surface area contributed by atoms with Crippen LogP contribution in [0.3, 0.4) is 0 Å². The molecule has 0 spiro atoms. The van der Waals surface area contributed by atoms with Gasteiger partial charge in [-0.3, -0.25) is 9.79 Å². The van der Waals surface area contributed by atoms with E-state index in [2.05, 4.69) is 35.4 Å². The Balaban J connectivity index is 1.42. The van der Waals surface area contributed by atoms with Crippen LogP contribution in [-0.2, 0) is 0 Å². The standard InChI is InChI=1S/C19H24ClN7O/c1-21-18(25-10-9-22-17(28)15-5-2-3-6-16(15)20)26-11-13-27(14-12-26)19-23-7-4-8-24-19/h2-8H,9-14H2,1H3,(H,21,25)(H,22,28). The first-order valence-corrected chi connectivity index (χ1v) is 9.57. The highest BCUT2D eigenvalue weighted by Crippen LogP contribution is 2.14. The maximum atomic E-state index is 12.2. The molecule has 1 amide bonds. The van der Waals surface area contributed by atoms with E-state index >= 15 is 0 Å². The van der Waals surface area contributed by atoms with Gasteiger partial charge in [0.15, 0.2) is 5.96 Å². The Labute approximate surface area is 169 Å². The molecule has 2 aromatic rings. The molecule has 0 atom stereocenters. The quantitative estimate of drug-likeness (QED) is 0.445. The molecule has 9 heteroatoms. The molecule has 0 radical (unpaired) electrons.